The van der Waals surface area contributed by atoms with Crippen molar-refractivity contribution in [2.45, 2.75) is 51.7 Å². The molecule has 0 aliphatic carbocycles. The van der Waals surface area contributed by atoms with Crippen LogP contribution in [0.3, 0.4) is 0 Å². The fourth-order valence-electron chi connectivity index (χ4n) is 3.90. The number of carbonyl (C=O) groups is 2. The van der Waals surface area contributed by atoms with E-state index in [1.165, 1.54) is 0 Å². The summed E-state index contributed by atoms with van der Waals surface area (Å²) in [7, 11) is 1.61. The Morgan fingerprint density at radius 3 is 2.40 bits per heavy atom. The Hall–Kier alpha value is -3.02. The van der Waals surface area contributed by atoms with Crippen molar-refractivity contribution in [3.8, 4) is 11.5 Å². The fourth-order valence-corrected chi connectivity index (χ4v) is 3.90. The van der Waals surface area contributed by atoms with Crippen molar-refractivity contribution in [1.82, 2.24) is 10.2 Å². The molecule has 6 nitrogen and oxygen atoms in total. The molecule has 0 aromatic heterocycles. The molecule has 0 saturated carbocycles. The first-order chi connectivity index (χ1) is 14.5. The number of piperidine rings is 1. The molecule has 2 aromatic rings. The summed E-state index contributed by atoms with van der Waals surface area (Å²) in [5, 5.41) is 2.89. The first kappa shape index (κ1) is 21.7. The molecule has 6 heteroatoms. The van der Waals surface area contributed by atoms with Gasteiger partial charge in [-0.2, -0.15) is 0 Å². The number of carbonyl (C=O) groups excluding carboxylic acids is 2. The molecule has 1 N–H and O–H groups in total. The lowest BCUT2D eigenvalue weighted by Crippen LogP contribution is -2.49. The van der Waals surface area contributed by atoms with Gasteiger partial charge in [-0.25, -0.2) is 0 Å². The van der Waals surface area contributed by atoms with Crippen LogP contribution in [0.5, 0.6) is 11.5 Å². The van der Waals surface area contributed by atoms with Gasteiger partial charge in [0.25, 0.3) is 11.8 Å². The largest absolute Gasteiger partial charge is 0.497 e. The third-order valence-corrected chi connectivity index (χ3v) is 5.55. The van der Waals surface area contributed by atoms with Gasteiger partial charge in [0.2, 0.25) is 0 Å². The number of likely N-dealkylation sites (tertiary alicyclic amines) is 1. The molecule has 1 fully saturated rings. The van der Waals surface area contributed by atoms with Gasteiger partial charge in [0, 0.05) is 24.2 Å². The van der Waals surface area contributed by atoms with Crippen LogP contribution in [0.15, 0.2) is 48.5 Å². The molecule has 2 atom stereocenters. The monoisotopic (exact) mass is 410 g/mol. The Morgan fingerprint density at radius 1 is 1.03 bits per heavy atom. The predicted octanol–water partition coefficient (Wildman–Crippen LogP) is 3.79. The molecule has 0 radical (unpaired) electrons. The van der Waals surface area contributed by atoms with Gasteiger partial charge >= 0.3 is 0 Å². The fraction of sp³-hybridized carbons (Fsp3) is 0.417. The van der Waals surface area contributed by atoms with Gasteiger partial charge in [-0.3, -0.25) is 9.59 Å². The van der Waals surface area contributed by atoms with E-state index in [1.54, 1.807) is 31.4 Å². The Bertz CT molecular complexity index is 856. The molecule has 3 rings (SSSR count). The van der Waals surface area contributed by atoms with Crippen molar-refractivity contribution in [1.29, 1.82) is 0 Å². The van der Waals surface area contributed by atoms with Crippen LogP contribution in [0, 0.1) is 0 Å². The summed E-state index contributed by atoms with van der Waals surface area (Å²) in [5.41, 5.74) is 1.50. The van der Waals surface area contributed by atoms with E-state index in [0.717, 1.165) is 30.6 Å². The highest BCUT2D eigenvalue weighted by molar-refractivity contribution is 5.94. The minimum Gasteiger partial charge on any atom is -0.497 e. The van der Waals surface area contributed by atoms with Crippen molar-refractivity contribution in [3.63, 3.8) is 0 Å². The smallest absolute Gasteiger partial charge is 0.260 e. The summed E-state index contributed by atoms with van der Waals surface area (Å²) in [6.45, 7) is 4.60. The van der Waals surface area contributed by atoms with E-state index in [2.05, 4.69) is 19.2 Å². The molecule has 1 aliphatic rings. The average Bonchev–Trinajstić information content (AvgIpc) is 2.76. The zero-order valence-electron chi connectivity index (χ0n) is 17.9. The molecule has 2 aromatic carbocycles. The lowest BCUT2D eigenvalue weighted by atomic mass is 9.97. The Morgan fingerprint density at radius 2 is 1.73 bits per heavy atom. The standard InChI is InChI=1S/C24H30N2O4/c1-17-6-4-7-18(2)26(17)23(27)16-30-21-12-10-20(11-13-21)24(28)25-15-19-8-5-9-22(14-19)29-3/h5,8-14,17-18H,4,6-7,15-16H2,1-3H3,(H,25,28). The number of benzene rings is 2. The van der Waals surface area contributed by atoms with Crippen molar-refractivity contribution >= 4 is 11.8 Å². The molecule has 2 unspecified atom stereocenters. The first-order valence-corrected chi connectivity index (χ1v) is 10.4. The maximum absolute atomic E-state index is 12.6. The van der Waals surface area contributed by atoms with Crippen LogP contribution in [-0.2, 0) is 11.3 Å². The molecule has 1 saturated heterocycles. The van der Waals surface area contributed by atoms with E-state index < -0.39 is 0 Å². The molecular formula is C24H30N2O4. The number of nitrogens with zero attached hydrogens (tertiary/aromatic N) is 1. The van der Waals surface area contributed by atoms with Gasteiger partial charge in [-0.05, 0) is 75.1 Å². The number of amides is 2. The molecule has 160 valence electrons. The zero-order valence-corrected chi connectivity index (χ0v) is 17.9. The van der Waals surface area contributed by atoms with Crippen LogP contribution < -0.4 is 14.8 Å². The van der Waals surface area contributed by atoms with E-state index >= 15 is 0 Å². The summed E-state index contributed by atoms with van der Waals surface area (Å²) in [5.74, 6) is 1.17. The third-order valence-electron chi connectivity index (χ3n) is 5.55. The predicted molar refractivity (Wildman–Crippen MR) is 116 cm³/mol. The van der Waals surface area contributed by atoms with E-state index in [4.69, 9.17) is 9.47 Å². The average molecular weight is 411 g/mol. The second kappa shape index (κ2) is 10.1. The lowest BCUT2D eigenvalue weighted by molar-refractivity contribution is -0.139. The lowest BCUT2D eigenvalue weighted by Gasteiger charge is -2.38. The van der Waals surface area contributed by atoms with Crippen LogP contribution >= 0.6 is 0 Å². The highest BCUT2D eigenvalue weighted by Gasteiger charge is 2.28. The first-order valence-electron chi connectivity index (χ1n) is 10.4. The van der Waals surface area contributed by atoms with Crippen molar-refractivity contribution in [3.05, 3.63) is 59.7 Å². The normalized spacial score (nSPS) is 18.6. The van der Waals surface area contributed by atoms with Crippen LogP contribution in [0.4, 0.5) is 0 Å². The molecule has 1 heterocycles. The van der Waals surface area contributed by atoms with Crippen molar-refractivity contribution in [2.24, 2.45) is 0 Å². The highest BCUT2D eigenvalue weighted by atomic mass is 16.5. The number of hydrogen-bond donors (Lipinski definition) is 1. The topological polar surface area (TPSA) is 67.9 Å². The second-order valence-corrected chi connectivity index (χ2v) is 7.78. The number of methoxy groups -OCH3 is 1. The van der Waals surface area contributed by atoms with Crippen LogP contribution in [0.1, 0.15) is 49.0 Å². The summed E-state index contributed by atoms with van der Waals surface area (Å²) < 4.78 is 10.9. The summed E-state index contributed by atoms with van der Waals surface area (Å²) in [6.07, 6.45) is 3.24. The minimum absolute atomic E-state index is 0.00908. The quantitative estimate of drug-likeness (QED) is 0.754. The summed E-state index contributed by atoms with van der Waals surface area (Å²) in [6, 6.07) is 14.9. The molecule has 1 aliphatic heterocycles. The van der Waals surface area contributed by atoms with Crippen molar-refractivity contribution in [2.75, 3.05) is 13.7 Å². The van der Waals surface area contributed by atoms with Crippen LogP contribution in [-0.4, -0.2) is 42.5 Å². The highest BCUT2D eigenvalue weighted by Crippen LogP contribution is 2.23. The van der Waals surface area contributed by atoms with Crippen LogP contribution in [0.2, 0.25) is 0 Å². The van der Waals surface area contributed by atoms with Gasteiger partial charge in [0.1, 0.15) is 11.5 Å². The van der Waals surface area contributed by atoms with E-state index in [1.807, 2.05) is 29.2 Å². The number of rotatable bonds is 7. The minimum atomic E-state index is -0.170. The maximum atomic E-state index is 12.6. The SMILES string of the molecule is COc1cccc(CNC(=O)c2ccc(OCC(=O)N3C(C)CCCC3C)cc2)c1. The number of nitrogens with one attached hydrogen (secondary N) is 1. The molecule has 30 heavy (non-hydrogen) atoms. The summed E-state index contributed by atoms with van der Waals surface area (Å²) in [4.78, 5) is 26.9. The van der Waals surface area contributed by atoms with Gasteiger partial charge in [-0.1, -0.05) is 12.1 Å². The van der Waals surface area contributed by atoms with Crippen molar-refractivity contribution < 1.29 is 19.1 Å². The maximum Gasteiger partial charge on any atom is 0.260 e. The second-order valence-electron chi connectivity index (χ2n) is 7.78. The molecule has 0 spiro atoms. The third kappa shape index (κ3) is 5.53. The Balaban J connectivity index is 1.50. The zero-order chi connectivity index (χ0) is 21.5. The molecule has 0 bridgehead atoms. The van der Waals surface area contributed by atoms with Gasteiger partial charge in [-0.15, -0.1) is 0 Å². The van der Waals surface area contributed by atoms with Gasteiger partial charge in [0.05, 0.1) is 7.11 Å². The van der Waals surface area contributed by atoms with E-state index in [-0.39, 0.29) is 30.5 Å². The van der Waals surface area contributed by atoms with Crippen LogP contribution in [0.25, 0.3) is 0 Å². The van der Waals surface area contributed by atoms with E-state index in [0.29, 0.717) is 17.9 Å². The summed E-state index contributed by atoms with van der Waals surface area (Å²) >= 11 is 0. The number of ether oxygens (including phenoxy) is 2. The Kier molecular flexibility index (Phi) is 7.33. The van der Waals surface area contributed by atoms with Gasteiger partial charge < -0.3 is 19.7 Å². The molecular weight excluding hydrogens is 380 g/mol. The molecule has 2 amide bonds. The van der Waals surface area contributed by atoms with Gasteiger partial charge in [0.15, 0.2) is 6.61 Å². The number of hydrogen-bond acceptors (Lipinski definition) is 4. The van der Waals surface area contributed by atoms with E-state index in [9.17, 15) is 9.59 Å². The Labute approximate surface area is 178 Å².